The van der Waals surface area contributed by atoms with Gasteiger partial charge in [-0.1, -0.05) is 6.07 Å². The van der Waals surface area contributed by atoms with E-state index in [1.807, 2.05) is 6.92 Å². The summed E-state index contributed by atoms with van der Waals surface area (Å²) < 4.78 is 24.6. The van der Waals surface area contributed by atoms with Crippen molar-refractivity contribution in [3.63, 3.8) is 0 Å². The largest absolute Gasteiger partial charge is 0.497 e. The minimum Gasteiger partial charge on any atom is -0.497 e. The number of hydrogen-bond donors (Lipinski definition) is 1. The maximum atomic E-state index is 13.5. The van der Waals surface area contributed by atoms with Gasteiger partial charge in [0, 0.05) is 18.1 Å². The van der Waals surface area contributed by atoms with E-state index in [9.17, 15) is 9.50 Å². The Morgan fingerprint density at radius 2 is 2.00 bits per heavy atom. The van der Waals surface area contributed by atoms with Crippen molar-refractivity contribution in [2.75, 3.05) is 7.11 Å². The lowest BCUT2D eigenvalue weighted by Crippen LogP contribution is -2.20. The molecular weight excluding hydrogens is 271 g/mol. The number of ether oxygens (including phenoxy) is 2. The second kappa shape index (κ2) is 5.37. The fourth-order valence-corrected chi connectivity index (χ4v) is 2.70. The SMILES string of the molecule is COc1ccc2c(c1)OC(c1cc(F)ccc1C)CC2O. The number of aryl methyl sites for hydroxylation is 1. The van der Waals surface area contributed by atoms with Crippen molar-refractivity contribution >= 4 is 0 Å². The number of halogens is 1. The summed E-state index contributed by atoms with van der Waals surface area (Å²) >= 11 is 0. The molecule has 3 nitrogen and oxygen atoms in total. The van der Waals surface area contributed by atoms with E-state index in [-0.39, 0.29) is 11.9 Å². The monoisotopic (exact) mass is 288 g/mol. The second-order valence-electron chi connectivity index (χ2n) is 5.26. The number of benzene rings is 2. The molecule has 2 atom stereocenters. The lowest BCUT2D eigenvalue weighted by molar-refractivity contribution is 0.0650. The molecule has 0 saturated heterocycles. The minimum atomic E-state index is -0.632. The highest BCUT2D eigenvalue weighted by Gasteiger charge is 2.29. The number of fused-ring (bicyclic) bond motifs is 1. The summed E-state index contributed by atoms with van der Waals surface area (Å²) in [6.45, 7) is 1.91. The normalized spacial score (nSPS) is 20.6. The highest BCUT2D eigenvalue weighted by atomic mass is 19.1. The topological polar surface area (TPSA) is 38.7 Å². The van der Waals surface area contributed by atoms with Crippen molar-refractivity contribution in [2.24, 2.45) is 0 Å². The molecule has 0 aromatic heterocycles. The summed E-state index contributed by atoms with van der Waals surface area (Å²) in [4.78, 5) is 0. The molecular formula is C17H17FO3. The molecule has 4 heteroatoms. The lowest BCUT2D eigenvalue weighted by atomic mass is 9.93. The van der Waals surface area contributed by atoms with E-state index in [4.69, 9.17) is 9.47 Å². The van der Waals surface area contributed by atoms with Gasteiger partial charge in [0.05, 0.1) is 13.2 Å². The van der Waals surface area contributed by atoms with Gasteiger partial charge in [0.25, 0.3) is 0 Å². The first kappa shape index (κ1) is 13.9. The third-order valence-corrected chi connectivity index (χ3v) is 3.87. The van der Waals surface area contributed by atoms with Crippen molar-refractivity contribution < 1.29 is 19.0 Å². The van der Waals surface area contributed by atoms with Gasteiger partial charge in [-0.2, -0.15) is 0 Å². The van der Waals surface area contributed by atoms with Crippen molar-refractivity contribution in [1.29, 1.82) is 0 Å². The maximum absolute atomic E-state index is 13.5. The highest BCUT2D eigenvalue weighted by Crippen LogP contribution is 2.42. The zero-order valence-corrected chi connectivity index (χ0v) is 12.0. The molecule has 0 fully saturated rings. The number of aliphatic hydroxyl groups excluding tert-OH is 1. The number of hydrogen-bond acceptors (Lipinski definition) is 3. The molecule has 1 aliphatic heterocycles. The van der Waals surface area contributed by atoms with Crippen LogP contribution < -0.4 is 9.47 Å². The molecule has 21 heavy (non-hydrogen) atoms. The molecule has 2 unspecified atom stereocenters. The van der Waals surface area contributed by atoms with E-state index in [0.29, 0.717) is 17.9 Å². The van der Waals surface area contributed by atoms with E-state index in [0.717, 1.165) is 16.7 Å². The Morgan fingerprint density at radius 3 is 2.76 bits per heavy atom. The Balaban J connectivity index is 1.98. The molecule has 1 aliphatic rings. The third kappa shape index (κ3) is 2.59. The van der Waals surface area contributed by atoms with Gasteiger partial charge in [-0.25, -0.2) is 4.39 Å². The van der Waals surface area contributed by atoms with Crippen LogP contribution >= 0.6 is 0 Å². The van der Waals surface area contributed by atoms with Gasteiger partial charge in [-0.3, -0.25) is 0 Å². The lowest BCUT2D eigenvalue weighted by Gasteiger charge is -2.31. The van der Waals surface area contributed by atoms with Crippen LogP contribution in [-0.4, -0.2) is 12.2 Å². The van der Waals surface area contributed by atoms with Crippen LogP contribution in [0.3, 0.4) is 0 Å². The van der Waals surface area contributed by atoms with Crippen molar-refractivity contribution in [3.8, 4) is 11.5 Å². The van der Waals surface area contributed by atoms with Gasteiger partial charge in [-0.05, 0) is 42.3 Å². The number of methoxy groups -OCH3 is 1. The van der Waals surface area contributed by atoms with Gasteiger partial charge < -0.3 is 14.6 Å². The molecule has 2 aromatic carbocycles. The molecule has 0 saturated carbocycles. The Kier molecular flexibility index (Phi) is 3.55. The van der Waals surface area contributed by atoms with Crippen LogP contribution in [0.15, 0.2) is 36.4 Å². The average Bonchev–Trinajstić information content (AvgIpc) is 2.49. The van der Waals surface area contributed by atoms with E-state index in [2.05, 4.69) is 0 Å². The van der Waals surface area contributed by atoms with Crippen molar-refractivity contribution in [2.45, 2.75) is 25.6 Å². The third-order valence-electron chi connectivity index (χ3n) is 3.87. The van der Waals surface area contributed by atoms with Gasteiger partial charge in [0.2, 0.25) is 0 Å². The van der Waals surface area contributed by atoms with Gasteiger partial charge in [0.15, 0.2) is 0 Å². The molecule has 2 aromatic rings. The molecule has 0 amide bonds. The second-order valence-corrected chi connectivity index (χ2v) is 5.26. The maximum Gasteiger partial charge on any atom is 0.129 e. The fraction of sp³-hybridized carbons (Fsp3) is 0.294. The molecule has 0 aliphatic carbocycles. The first-order chi connectivity index (χ1) is 10.1. The predicted octanol–water partition coefficient (Wildman–Crippen LogP) is 3.70. The molecule has 0 bridgehead atoms. The number of rotatable bonds is 2. The van der Waals surface area contributed by atoms with E-state index < -0.39 is 6.10 Å². The van der Waals surface area contributed by atoms with E-state index in [1.54, 1.807) is 31.4 Å². The summed E-state index contributed by atoms with van der Waals surface area (Å²) in [5.41, 5.74) is 2.45. The predicted molar refractivity (Wildman–Crippen MR) is 77.1 cm³/mol. The van der Waals surface area contributed by atoms with Crippen LogP contribution in [0.25, 0.3) is 0 Å². The average molecular weight is 288 g/mol. The summed E-state index contributed by atoms with van der Waals surface area (Å²) in [6, 6.07) is 9.96. The summed E-state index contributed by atoms with van der Waals surface area (Å²) in [5.74, 6) is 0.949. The van der Waals surface area contributed by atoms with Crippen LogP contribution in [0.4, 0.5) is 4.39 Å². The first-order valence-electron chi connectivity index (χ1n) is 6.87. The molecule has 1 N–H and O–H groups in total. The standard InChI is InChI=1S/C17H17FO3/c1-10-3-4-11(18)7-14(10)17-9-15(19)13-6-5-12(20-2)8-16(13)21-17/h3-8,15,17,19H,9H2,1-2H3. The van der Waals surface area contributed by atoms with Gasteiger partial charge in [-0.15, -0.1) is 0 Å². The molecule has 0 radical (unpaired) electrons. The number of aliphatic hydroxyl groups is 1. The van der Waals surface area contributed by atoms with Crippen LogP contribution in [0, 0.1) is 12.7 Å². The fourth-order valence-electron chi connectivity index (χ4n) is 2.70. The van der Waals surface area contributed by atoms with Crippen LogP contribution in [0.5, 0.6) is 11.5 Å². The highest BCUT2D eigenvalue weighted by molar-refractivity contribution is 5.44. The molecule has 0 spiro atoms. The van der Waals surface area contributed by atoms with Crippen LogP contribution in [0.2, 0.25) is 0 Å². The summed E-state index contributed by atoms with van der Waals surface area (Å²) in [5, 5.41) is 10.3. The molecule has 1 heterocycles. The Hall–Kier alpha value is -2.07. The van der Waals surface area contributed by atoms with Crippen LogP contribution in [-0.2, 0) is 0 Å². The quantitative estimate of drug-likeness (QED) is 0.915. The Labute approximate surface area is 122 Å². The van der Waals surface area contributed by atoms with Gasteiger partial charge in [0.1, 0.15) is 23.4 Å². The van der Waals surface area contributed by atoms with Crippen molar-refractivity contribution in [1.82, 2.24) is 0 Å². The Bertz CT molecular complexity index is 669. The summed E-state index contributed by atoms with van der Waals surface area (Å²) in [6.07, 6.45) is -0.591. The Morgan fingerprint density at radius 1 is 1.19 bits per heavy atom. The zero-order chi connectivity index (χ0) is 15.0. The van der Waals surface area contributed by atoms with E-state index >= 15 is 0 Å². The smallest absolute Gasteiger partial charge is 0.129 e. The molecule has 3 rings (SSSR count). The minimum absolute atomic E-state index is 0.301. The zero-order valence-electron chi connectivity index (χ0n) is 12.0. The van der Waals surface area contributed by atoms with Crippen LogP contribution in [0.1, 0.15) is 35.3 Å². The van der Waals surface area contributed by atoms with Gasteiger partial charge >= 0.3 is 0 Å². The summed E-state index contributed by atoms with van der Waals surface area (Å²) in [7, 11) is 1.58. The van der Waals surface area contributed by atoms with Crippen molar-refractivity contribution in [3.05, 3.63) is 58.9 Å². The van der Waals surface area contributed by atoms with E-state index in [1.165, 1.54) is 12.1 Å². The first-order valence-corrected chi connectivity index (χ1v) is 6.87. The molecule has 110 valence electrons.